The van der Waals surface area contributed by atoms with Crippen molar-refractivity contribution in [1.82, 2.24) is 19.5 Å². The van der Waals surface area contributed by atoms with Crippen LogP contribution in [0, 0.1) is 0 Å². The zero-order valence-electron chi connectivity index (χ0n) is 14.1. The summed E-state index contributed by atoms with van der Waals surface area (Å²) in [5.74, 6) is 0.716. The van der Waals surface area contributed by atoms with Gasteiger partial charge >= 0.3 is 5.69 Å². The van der Waals surface area contributed by atoms with Crippen molar-refractivity contribution >= 4 is 34.9 Å². The van der Waals surface area contributed by atoms with Gasteiger partial charge in [0.2, 0.25) is 5.91 Å². The molecule has 0 bridgehead atoms. The summed E-state index contributed by atoms with van der Waals surface area (Å²) in [6, 6.07) is 13.0. The second kappa shape index (κ2) is 8.91. The van der Waals surface area contributed by atoms with E-state index in [1.807, 2.05) is 30.3 Å². The van der Waals surface area contributed by atoms with Crippen LogP contribution in [-0.4, -0.2) is 32.4 Å². The number of nitrogens with zero attached hydrogens (tertiary/aromatic N) is 3. The molecule has 3 rings (SSSR count). The molecule has 6 nitrogen and oxygen atoms in total. The van der Waals surface area contributed by atoms with Gasteiger partial charge in [0.15, 0.2) is 5.65 Å². The van der Waals surface area contributed by atoms with E-state index in [0.717, 1.165) is 4.90 Å². The first kappa shape index (κ1) is 18.5. The van der Waals surface area contributed by atoms with E-state index in [1.165, 1.54) is 9.08 Å². The molecule has 8 heteroatoms. The number of fused-ring (bicyclic) bond motifs is 1. The number of amides is 1. The smallest absolute Gasteiger partial charge is 0.350 e. The Labute approximate surface area is 160 Å². The zero-order valence-corrected chi connectivity index (χ0v) is 15.7. The predicted molar refractivity (Wildman–Crippen MR) is 104 cm³/mol. The molecular formula is C18H19ClN4O2S. The molecule has 0 atom stereocenters. The molecule has 0 aliphatic carbocycles. The second-order valence-corrected chi connectivity index (χ2v) is 7.30. The van der Waals surface area contributed by atoms with Gasteiger partial charge in [0.25, 0.3) is 0 Å². The highest BCUT2D eigenvalue weighted by Crippen LogP contribution is 2.20. The van der Waals surface area contributed by atoms with Crippen LogP contribution in [0.25, 0.3) is 5.65 Å². The fourth-order valence-electron chi connectivity index (χ4n) is 2.45. The largest absolute Gasteiger partial charge is 0.356 e. The molecule has 2 aromatic heterocycles. The molecule has 136 valence electrons. The van der Waals surface area contributed by atoms with Crippen molar-refractivity contribution in [2.75, 3.05) is 12.3 Å². The van der Waals surface area contributed by atoms with Crippen molar-refractivity contribution in [2.45, 2.75) is 24.3 Å². The minimum Gasteiger partial charge on any atom is -0.356 e. The molecule has 2 heterocycles. The Morgan fingerprint density at radius 3 is 2.77 bits per heavy atom. The highest BCUT2D eigenvalue weighted by Gasteiger charge is 2.06. The summed E-state index contributed by atoms with van der Waals surface area (Å²) in [7, 11) is 0. The molecule has 3 aromatic rings. The van der Waals surface area contributed by atoms with Crippen molar-refractivity contribution in [3.8, 4) is 0 Å². The first-order chi connectivity index (χ1) is 12.6. The molecule has 0 saturated heterocycles. The Morgan fingerprint density at radius 2 is 2.00 bits per heavy atom. The molecule has 26 heavy (non-hydrogen) atoms. The number of thioether (sulfide) groups is 1. The number of hydrogen-bond donors (Lipinski definition) is 1. The maximum absolute atomic E-state index is 12.1. The van der Waals surface area contributed by atoms with E-state index in [9.17, 15) is 9.59 Å². The van der Waals surface area contributed by atoms with E-state index in [1.54, 1.807) is 30.1 Å². The summed E-state index contributed by atoms with van der Waals surface area (Å²) in [5, 5.41) is 7.84. The normalized spacial score (nSPS) is 11.0. The molecule has 1 N–H and O–H groups in total. The first-order valence-electron chi connectivity index (χ1n) is 8.33. The fourth-order valence-corrected chi connectivity index (χ4v) is 3.43. The molecule has 0 unspecified atom stereocenters. The van der Waals surface area contributed by atoms with Crippen LogP contribution >= 0.6 is 23.4 Å². The monoisotopic (exact) mass is 390 g/mol. The van der Waals surface area contributed by atoms with Crippen LogP contribution < -0.4 is 11.0 Å². The highest BCUT2D eigenvalue weighted by atomic mass is 35.5. The van der Waals surface area contributed by atoms with E-state index in [0.29, 0.717) is 42.4 Å². The topological polar surface area (TPSA) is 68.4 Å². The van der Waals surface area contributed by atoms with Crippen LogP contribution in [0.5, 0.6) is 0 Å². The Morgan fingerprint density at radius 1 is 1.19 bits per heavy atom. The molecule has 0 spiro atoms. The fraction of sp³-hybridized carbons (Fsp3) is 0.278. The number of hydrogen-bond acceptors (Lipinski definition) is 4. The van der Waals surface area contributed by atoms with Gasteiger partial charge in [-0.3, -0.25) is 9.20 Å². The Kier molecular flexibility index (Phi) is 6.35. The number of aryl methyl sites for hydroxylation is 1. The third-order valence-electron chi connectivity index (χ3n) is 3.77. The van der Waals surface area contributed by atoms with Gasteiger partial charge in [0, 0.05) is 41.4 Å². The Hall–Kier alpha value is -2.25. The summed E-state index contributed by atoms with van der Waals surface area (Å²) in [4.78, 5) is 25.1. The average Bonchev–Trinajstić information content (AvgIpc) is 2.97. The van der Waals surface area contributed by atoms with E-state index in [4.69, 9.17) is 11.6 Å². The van der Waals surface area contributed by atoms with Crippen LogP contribution in [0.4, 0.5) is 0 Å². The molecule has 1 aromatic carbocycles. The van der Waals surface area contributed by atoms with Crippen LogP contribution in [0.15, 0.2) is 58.4 Å². The van der Waals surface area contributed by atoms with E-state index < -0.39 is 0 Å². The van der Waals surface area contributed by atoms with Crippen molar-refractivity contribution in [3.63, 3.8) is 0 Å². The summed E-state index contributed by atoms with van der Waals surface area (Å²) in [6.45, 7) is 0.991. The van der Waals surface area contributed by atoms with Crippen molar-refractivity contribution < 1.29 is 4.79 Å². The average molecular weight is 391 g/mol. The lowest BCUT2D eigenvalue weighted by Crippen LogP contribution is -2.27. The molecule has 0 radical (unpaired) electrons. The molecular weight excluding hydrogens is 372 g/mol. The number of nitrogens with one attached hydrogen (secondary N) is 1. The lowest BCUT2D eigenvalue weighted by atomic mass is 10.4. The van der Waals surface area contributed by atoms with Crippen molar-refractivity contribution in [2.24, 2.45) is 0 Å². The Balaban J connectivity index is 1.36. The minimum absolute atomic E-state index is 0.00816. The van der Waals surface area contributed by atoms with E-state index >= 15 is 0 Å². The van der Waals surface area contributed by atoms with Gasteiger partial charge in [0.1, 0.15) is 0 Å². The van der Waals surface area contributed by atoms with Gasteiger partial charge in [-0.25, -0.2) is 9.48 Å². The number of benzene rings is 1. The standard InChI is InChI=1S/C18H19ClN4O2S/c19-14-5-7-15(8-6-14)26-13-9-17(24)20-10-3-12-23-18(25)22-11-2-1-4-16(22)21-23/h1-2,4-8,11H,3,9-10,12-13H2,(H,20,24). The van der Waals surface area contributed by atoms with Crippen LogP contribution in [0.2, 0.25) is 5.02 Å². The van der Waals surface area contributed by atoms with Gasteiger partial charge < -0.3 is 5.32 Å². The SMILES string of the molecule is O=C(CCSc1ccc(Cl)cc1)NCCCn1nc2ccccn2c1=O. The van der Waals surface area contributed by atoms with E-state index in [2.05, 4.69) is 10.4 Å². The van der Waals surface area contributed by atoms with Gasteiger partial charge in [-0.15, -0.1) is 16.9 Å². The quantitative estimate of drug-likeness (QED) is 0.474. The predicted octanol–water partition coefficient (Wildman–Crippen LogP) is 2.84. The Bertz CT molecular complexity index is 936. The second-order valence-electron chi connectivity index (χ2n) is 5.69. The number of rotatable bonds is 8. The molecule has 0 saturated carbocycles. The van der Waals surface area contributed by atoms with Crippen LogP contribution in [0.1, 0.15) is 12.8 Å². The number of carbonyl (C=O) groups excluding carboxylic acids is 1. The summed E-state index contributed by atoms with van der Waals surface area (Å²) in [5.41, 5.74) is 0.465. The third-order valence-corrected chi connectivity index (χ3v) is 5.03. The maximum Gasteiger partial charge on any atom is 0.350 e. The first-order valence-corrected chi connectivity index (χ1v) is 9.69. The van der Waals surface area contributed by atoms with Crippen molar-refractivity contribution in [3.05, 3.63) is 64.2 Å². The van der Waals surface area contributed by atoms with E-state index in [-0.39, 0.29) is 11.6 Å². The lowest BCUT2D eigenvalue weighted by molar-refractivity contribution is -0.120. The zero-order chi connectivity index (χ0) is 18.4. The number of pyridine rings is 1. The highest BCUT2D eigenvalue weighted by molar-refractivity contribution is 7.99. The van der Waals surface area contributed by atoms with Crippen molar-refractivity contribution in [1.29, 1.82) is 0 Å². The van der Waals surface area contributed by atoms with Gasteiger partial charge in [-0.2, -0.15) is 0 Å². The minimum atomic E-state index is -0.161. The lowest BCUT2D eigenvalue weighted by Gasteiger charge is -2.05. The third kappa shape index (κ3) is 4.89. The molecule has 0 aliphatic rings. The van der Waals surface area contributed by atoms with Gasteiger partial charge in [-0.05, 0) is 42.8 Å². The number of aromatic nitrogens is 3. The van der Waals surface area contributed by atoms with Gasteiger partial charge in [0.05, 0.1) is 0 Å². The molecule has 1 amide bonds. The maximum atomic E-state index is 12.1. The van der Waals surface area contributed by atoms with Crippen LogP contribution in [-0.2, 0) is 11.3 Å². The van der Waals surface area contributed by atoms with Crippen LogP contribution in [0.3, 0.4) is 0 Å². The number of carbonyl (C=O) groups is 1. The molecule has 0 fully saturated rings. The summed E-state index contributed by atoms with van der Waals surface area (Å²) in [6.07, 6.45) is 2.79. The summed E-state index contributed by atoms with van der Waals surface area (Å²) >= 11 is 7.46. The summed E-state index contributed by atoms with van der Waals surface area (Å²) < 4.78 is 2.93. The molecule has 0 aliphatic heterocycles. The van der Waals surface area contributed by atoms with Gasteiger partial charge in [-0.1, -0.05) is 17.7 Å². The number of halogens is 1.